The summed E-state index contributed by atoms with van der Waals surface area (Å²) in [5, 5.41) is 0. The maximum atomic E-state index is 11.6. The lowest BCUT2D eigenvalue weighted by Crippen LogP contribution is -2.13. The van der Waals surface area contributed by atoms with Crippen LogP contribution in [0.15, 0.2) is 6.20 Å². The zero-order valence-electron chi connectivity index (χ0n) is 9.52. The van der Waals surface area contributed by atoms with Gasteiger partial charge in [0, 0.05) is 6.61 Å². The van der Waals surface area contributed by atoms with Crippen molar-refractivity contribution in [1.29, 1.82) is 0 Å². The van der Waals surface area contributed by atoms with E-state index in [0.29, 0.717) is 12.5 Å². The van der Waals surface area contributed by atoms with E-state index >= 15 is 0 Å². The van der Waals surface area contributed by atoms with Crippen molar-refractivity contribution in [1.82, 2.24) is 9.97 Å². The predicted octanol–water partition coefficient (Wildman–Crippen LogP) is 0.713. The van der Waals surface area contributed by atoms with Gasteiger partial charge in [0.25, 0.3) is 0 Å². The van der Waals surface area contributed by atoms with Gasteiger partial charge in [-0.3, -0.25) is 4.79 Å². The molecule has 6 heteroatoms. The van der Waals surface area contributed by atoms with Gasteiger partial charge in [0.05, 0.1) is 20.4 Å². The number of nitrogens with zero attached hydrogens (tertiary/aromatic N) is 2. The fourth-order valence-corrected chi connectivity index (χ4v) is 1.05. The van der Waals surface area contributed by atoms with Crippen LogP contribution in [0.5, 0.6) is 11.8 Å². The Balaban J connectivity index is 2.90. The Hall–Kier alpha value is -1.69. The van der Waals surface area contributed by atoms with Gasteiger partial charge in [-0.2, -0.15) is 4.98 Å². The van der Waals surface area contributed by atoms with Gasteiger partial charge in [-0.25, -0.2) is 4.98 Å². The average molecular weight is 226 g/mol. The Bertz CT molecular complexity index is 368. The topological polar surface area (TPSA) is 70.5 Å². The SMILES string of the molecule is CCOCC(=O)c1ncc(OC)nc1OC. The lowest BCUT2D eigenvalue weighted by atomic mass is 10.3. The van der Waals surface area contributed by atoms with Gasteiger partial charge in [0.2, 0.25) is 17.5 Å². The van der Waals surface area contributed by atoms with Crippen molar-refractivity contribution < 1.29 is 19.0 Å². The summed E-state index contributed by atoms with van der Waals surface area (Å²) in [6, 6.07) is 0. The first-order valence-electron chi connectivity index (χ1n) is 4.78. The largest absolute Gasteiger partial charge is 0.480 e. The minimum absolute atomic E-state index is 0.0339. The third-order valence-corrected chi connectivity index (χ3v) is 1.82. The molecule has 0 aliphatic carbocycles. The molecule has 0 aromatic carbocycles. The summed E-state index contributed by atoms with van der Waals surface area (Å²) < 4.78 is 14.8. The van der Waals surface area contributed by atoms with Crippen molar-refractivity contribution in [2.45, 2.75) is 6.92 Å². The molecule has 1 rings (SSSR count). The Labute approximate surface area is 93.6 Å². The van der Waals surface area contributed by atoms with Crippen molar-refractivity contribution in [2.24, 2.45) is 0 Å². The maximum Gasteiger partial charge on any atom is 0.246 e. The lowest BCUT2D eigenvalue weighted by molar-refractivity contribution is 0.0774. The first-order valence-corrected chi connectivity index (χ1v) is 4.78. The fraction of sp³-hybridized carbons (Fsp3) is 0.500. The second-order valence-electron chi connectivity index (χ2n) is 2.83. The van der Waals surface area contributed by atoms with Gasteiger partial charge in [-0.15, -0.1) is 0 Å². The van der Waals surface area contributed by atoms with Crippen LogP contribution in [0.2, 0.25) is 0 Å². The highest BCUT2D eigenvalue weighted by Crippen LogP contribution is 2.17. The monoisotopic (exact) mass is 226 g/mol. The van der Waals surface area contributed by atoms with Gasteiger partial charge < -0.3 is 14.2 Å². The molecule has 0 N–H and O–H groups in total. The van der Waals surface area contributed by atoms with E-state index in [1.54, 1.807) is 0 Å². The van der Waals surface area contributed by atoms with Gasteiger partial charge in [0.15, 0.2) is 5.69 Å². The number of methoxy groups -OCH3 is 2. The summed E-state index contributed by atoms with van der Waals surface area (Å²) in [4.78, 5) is 19.5. The zero-order chi connectivity index (χ0) is 12.0. The van der Waals surface area contributed by atoms with Crippen LogP contribution in [0.4, 0.5) is 0 Å². The third kappa shape index (κ3) is 2.90. The van der Waals surface area contributed by atoms with E-state index in [1.807, 2.05) is 6.92 Å². The second kappa shape index (κ2) is 6.02. The van der Waals surface area contributed by atoms with Crippen LogP contribution >= 0.6 is 0 Å². The predicted molar refractivity (Wildman–Crippen MR) is 56.0 cm³/mol. The Kier molecular flexibility index (Phi) is 4.65. The van der Waals surface area contributed by atoms with E-state index in [4.69, 9.17) is 14.2 Å². The highest BCUT2D eigenvalue weighted by molar-refractivity contribution is 5.97. The molecule has 16 heavy (non-hydrogen) atoms. The van der Waals surface area contributed by atoms with E-state index in [2.05, 4.69) is 9.97 Å². The molecule has 0 aliphatic rings. The first-order chi connectivity index (χ1) is 7.72. The Morgan fingerprint density at radius 2 is 2.12 bits per heavy atom. The van der Waals surface area contributed by atoms with E-state index < -0.39 is 0 Å². The molecule has 0 amide bonds. The van der Waals surface area contributed by atoms with Gasteiger partial charge in [-0.1, -0.05) is 0 Å². The smallest absolute Gasteiger partial charge is 0.246 e. The van der Waals surface area contributed by atoms with Crippen LogP contribution in [-0.2, 0) is 4.74 Å². The molecule has 88 valence electrons. The summed E-state index contributed by atoms with van der Waals surface area (Å²) >= 11 is 0. The van der Waals surface area contributed by atoms with Crippen molar-refractivity contribution in [3.8, 4) is 11.8 Å². The van der Waals surface area contributed by atoms with Crippen LogP contribution in [0.25, 0.3) is 0 Å². The number of hydrogen-bond acceptors (Lipinski definition) is 6. The molecule has 0 saturated heterocycles. The van der Waals surface area contributed by atoms with Gasteiger partial charge in [0.1, 0.15) is 6.61 Å². The van der Waals surface area contributed by atoms with Crippen molar-refractivity contribution in [3.63, 3.8) is 0 Å². The summed E-state index contributed by atoms with van der Waals surface area (Å²) in [5.41, 5.74) is 0.150. The van der Waals surface area contributed by atoms with E-state index in [1.165, 1.54) is 20.4 Å². The van der Waals surface area contributed by atoms with Crippen molar-refractivity contribution in [3.05, 3.63) is 11.9 Å². The minimum atomic E-state index is -0.270. The van der Waals surface area contributed by atoms with Gasteiger partial charge >= 0.3 is 0 Å². The molecule has 0 unspecified atom stereocenters. The molecule has 1 aromatic heterocycles. The number of carbonyl (C=O) groups is 1. The van der Waals surface area contributed by atoms with Crippen LogP contribution in [-0.4, -0.2) is 43.2 Å². The average Bonchev–Trinajstić information content (AvgIpc) is 2.34. The molecule has 0 fully saturated rings. The minimum Gasteiger partial charge on any atom is -0.480 e. The zero-order valence-corrected chi connectivity index (χ0v) is 9.52. The first kappa shape index (κ1) is 12.4. The standard InChI is InChI=1S/C10H14N2O4/c1-4-16-6-7(13)9-10(15-3)12-8(14-2)5-11-9/h5H,4,6H2,1-3H3. The highest BCUT2D eigenvalue weighted by Gasteiger charge is 2.16. The number of ketones is 1. The van der Waals surface area contributed by atoms with Gasteiger partial charge in [-0.05, 0) is 6.92 Å². The summed E-state index contributed by atoms with van der Waals surface area (Å²) in [7, 11) is 2.88. The Morgan fingerprint density at radius 1 is 1.38 bits per heavy atom. The Morgan fingerprint density at radius 3 is 2.69 bits per heavy atom. The summed E-state index contributed by atoms with van der Waals surface area (Å²) in [5.74, 6) is 0.169. The molecule has 0 atom stereocenters. The number of carbonyl (C=O) groups excluding carboxylic acids is 1. The molecule has 0 radical (unpaired) electrons. The highest BCUT2D eigenvalue weighted by atomic mass is 16.5. The van der Waals surface area contributed by atoms with Crippen LogP contribution < -0.4 is 9.47 Å². The molecule has 1 heterocycles. The molecule has 0 bridgehead atoms. The molecule has 0 spiro atoms. The summed E-state index contributed by atoms with van der Waals surface area (Å²) in [6.07, 6.45) is 1.36. The number of Topliss-reactive ketones (excluding diaryl/α,β-unsaturated/α-hetero) is 1. The maximum absolute atomic E-state index is 11.6. The van der Waals surface area contributed by atoms with Crippen LogP contribution in [0.3, 0.4) is 0 Å². The summed E-state index contributed by atoms with van der Waals surface area (Å²) in [6.45, 7) is 2.25. The third-order valence-electron chi connectivity index (χ3n) is 1.82. The molecule has 0 saturated carbocycles. The van der Waals surface area contributed by atoms with Crippen LogP contribution in [0, 0.1) is 0 Å². The second-order valence-corrected chi connectivity index (χ2v) is 2.83. The number of hydrogen-bond donors (Lipinski definition) is 0. The van der Waals surface area contributed by atoms with E-state index in [-0.39, 0.29) is 24.0 Å². The number of rotatable bonds is 6. The molecular weight excluding hydrogens is 212 g/mol. The molecular formula is C10H14N2O4. The normalized spacial score (nSPS) is 9.94. The van der Waals surface area contributed by atoms with Crippen molar-refractivity contribution in [2.75, 3.05) is 27.4 Å². The quantitative estimate of drug-likeness (QED) is 0.665. The number of ether oxygens (including phenoxy) is 3. The molecule has 6 nitrogen and oxygen atoms in total. The molecule has 0 aliphatic heterocycles. The number of aromatic nitrogens is 2. The van der Waals surface area contributed by atoms with E-state index in [9.17, 15) is 4.79 Å². The molecule has 1 aromatic rings. The fourth-order valence-electron chi connectivity index (χ4n) is 1.05. The van der Waals surface area contributed by atoms with Crippen molar-refractivity contribution >= 4 is 5.78 Å². The van der Waals surface area contributed by atoms with E-state index in [0.717, 1.165) is 0 Å². The lowest BCUT2D eigenvalue weighted by Gasteiger charge is -2.06. The van der Waals surface area contributed by atoms with Crippen LogP contribution in [0.1, 0.15) is 17.4 Å².